The zero-order chi connectivity index (χ0) is 23.9. The maximum Gasteiger partial charge on any atom is 0.220 e. The first-order chi connectivity index (χ1) is 16.6. The van der Waals surface area contributed by atoms with Crippen LogP contribution in [0.15, 0.2) is 83.9 Å². The van der Waals surface area contributed by atoms with Crippen molar-refractivity contribution in [2.75, 3.05) is 13.4 Å². The number of aromatic nitrogens is 2. The third kappa shape index (κ3) is 5.85. The predicted octanol–water partition coefficient (Wildman–Crippen LogP) is 5.66. The Kier molecular flexibility index (Phi) is 7.65. The summed E-state index contributed by atoms with van der Waals surface area (Å²) in [5, 5.41) is 7.70. The quantitative estimate of drug-likeness (QED) is 0.318. The van der Waals surface area contributed by atoms with Gasteiger partial charge in [0.2, 0.25) is 5.91 Å². The van der Waals surface area contributed by atoms with Gasteiger partial charge in [0.05, 0.1) is 18.5 Å². The Hall–Kier alpha value is -3.58. The Morgan fingerprint density at radius 3 is 2.62 bits per heavy atom. The third-order valence-corrected chi connectivity index (χ3v) is 6.22. The van der Waals surface area contributed by atoms with Crippen molar-refractivity contribution in [1.82, 2.24) is 15.1 Å². The molecule has 0 fully saturated rings. The van der Waals surface area contributed by atoms with Crippen molar-refractivity contribution in [2.45, 2.75) is 24.3 Å². The summed E-state index contributed by atoms with van der Waals surface area (Å²) in [6.07, 6.45) is 4.71. The van der Waals surface area contributed by atoms with Gasteiger partial charge < -0.3 is 10.1 Å². The van der Waals surface area contributed by atoms with Gasteiger partial charge in [-0.1, -0.05) is 30.3 Å². The number of rotatable bonds is 9. The molecule has 4 rings (SSSR count). The van der Waals surface area contributed by atoms with Crippen molar-refractivity contribution in [3.63, 3.8) is 0 Å². The summed E-state index contributed by atoms with van der Waals surface area (Å²) >= 11 is 1.69. The molecule has 0 aliphatic heterocycles. The number of aryl methyl sites for hydroxylation is 1. The van der Waals surface area contributed by atoms with Gasteiger partial charge in [0, 0.05) is 29.6 Å². The second-order valence-corrected chi connectivity index (χ2v) is 8.66. The molecule has 1 aromatic heterocycles. The molecule has 0 radical (unpaired) electrons. The van der Waals surface area contributed by atoms with Crippen molar-refractivity contribution in [3.8, 4) is 22.7 Å². The Morgan fingerprint density at radius 2 is 1.88 bits per heavy atom. The number of thioether (sulfide) groups is 1. The minimum Gasteiger partial charge on any atom is -0.497 e. The molecule has 5 nitrogen and oxygen atoms in total. The van der Waals surface area contributed by atoms with Crippen LogP contribution in [0.2, 0.25) is 0 Å². The zero-order valence-electron chi connectivity index (χ0n) is 19.1. The van der Waals surface area contributed by atoms with Gasteiger partial charge in [-0.05, 0) is 66.3 Å². The molecule has 34 heavy (non-hydrogen) atoms. The lowest BCUT2D eigenvalue weighted by molar-refractivity contribution is -0.121. The van der Waals surface area contributed by atoms with Crippen molar-refractivity contribution < 1.29 is 13.9 Å². The fraction of sp³-hybridized carbons (Fsp3) is 0.185. The van der Waals surface area contributed by atoms with E-state index in [4.69, 9.17) is 9.84 Å². The average molecular weight is 476 g/mol. The van der Waals surface area contributed by atoms with E-state index in [1.54, 1.807) is 35.7 Å². The average Bonchev–Trinajstić information content (AvgIpc) is 3.31. The number of hydrogen-bond donors (Lipinski definition) is 1. The Labute approximate surface area is 203 Å². The summed E-state index contributed by atoms with van der Waals surface area (Å²) in [6.45, 7) is 0.485. The number of ether oxygens (including phenoxy) is 1. The van der Waals surface area contributed by atoms with E-state index >= 15 is 0 Å². The van der Waals surface area contributed by atoms with Crippen LogP contribution < -0.4 is 10.1 Å². The van der Waals surface area contributed by atoms with Gasteiger partial charge in [0.25, 0.3) is 0 Å². The fourth-order valence-electron chi connectivity index (χ4n) is 3.64. The van der Waals surface area contributed by atoms with Gasteiger partial charge in [-0.3, -0.25) is 4.79 Å². The lowest BCUT2D eigenvalue weighted by Gasteiger charge is -2.07. The standard InChI is InChI=1S/C27H26FN3O2S/c1-33-24-8-3-5-20(15-24)27-21(18-31(30-27)23-7-4-6-22(28)16-23)11-14-26(32)29-17-19-9-12-25(34-2)13-10-19/h3-10,12-13,15-16,18H,11,14,17H2,1-2H3,(H,29,32). The van der Waals surface area contributed by atoms with Crippen LogP contribution in [0, 0.1) is 5.82 Å². The second-order valence-electron chi connectivity index (χ2n) is 7.78. The molecule has 0 atom stereocenters. The van der Waals surface area contributed by atoms with E-state index in [2.05, 4.69) is 5.32 Å². The molecule has 0 bridgehead atoms. The topological polar surface area (TPSA) is 56.2 Å². The summed E-state index contributed by atoms with van der Waals surface area (Å²) in [5.41, 5.74) is 4.19. The highest BCUT2D eigenvalue weighted by Crippen LogP contribution is 2.28. The monoisotopic (exact) mass is 475 g/mol. The molecular formula is C27H26FN3O2S. The number of halogens is 1. The van der Waals surface area contributed by atoms with Crippen LogP contribution in [0.5, 0.6) is 5.75 Å². The van der Waals surface area contributed by atoms with Crippen LogP contribution in [0.4, 0.5) is 4.39 Å². The molecule has 0 aliphatic rings. The van der Waals surface area contributed by atoms with E-state index in [0.717, 1.165) is 22.4 Å². The predicted molar refractivity (Wildman–Crippen MR) is 134 cm³/mol. The Bertz CT molecular complexity index is 1270. The first-order valence-electron chi connectivity index (χ1n) is 10.9. The highest BCUT2D eigenvalue weighted by molar-refractivity contribution is 7.98. The van der Waals surface area contributed by atoms with Crippen LogP contribution in [-0.4, -0.2) is 29.1 Å². The lowest BCUT2D eigenvalue weighted by Crippen LogP contribution is -2.23. The molecule has 174 valence electrons. The minimum absolute atomic E-state index is 0.0379. The maximum atomic E-state index is 13.8. The van der Waals surface area contributed by atoms with E-state index in [1.807, 2.05) is 61.0 Å². The smallest absolute Gasteiger partial charge is 0.220 e. The highest BCUT2D eigenvalue weighted by atomic mass is 32.2. The lowest BCUT2D eigenvalue weighted by atomic mass is 10.0. The van der Waals surface area contributed by atoms with Gasteiger partial charge >= 0.3 is 0 Å². The fourth-order valence-corrected chi connectivity index (χ4v) is 4.05. The number of nitrogens with one attached hydrogen (secondary N) is 1. The van der Waals surface area contributed by atoms with E-state index in [-0.39, 0.29) is 11.7 Å². The molecule has 0 saturated heterocycles. The molecule has 4 aromatic rings. The SMILES string of the molecule is COc1cccc(-c2nn(-c3cccc(F)c3)cc2CCC(=O)NCc2ccc(SC)cc2)c1. The van der Waals surface area contributed by atoms with E-state index in [0.29, 0.717) is 30.8 Å². The molecule has 7 heteroatoms. The third-order valence-electron chi connectivity index (χ3n) is 5.48. The van der Waals surface area contributed by atoms with Gasteiger partial charge in [-0.2, -0.15) is 5.10 Å². The Morgan fingerprint density at radius 1 is 1.09 bits per heavy atom. The first kappa shape index (κ1) is 23.6. The number of amides is 1. The normalized spacial score (nSPS) is 10.8. The highest BCUT2D eigenvalue weighted by Gasteiger charge is 2.15. The number of hydrogen-bond acceptors (Lipinski definition) is 4. The molecule has 3 aromatic carbocycles. The number of nitrogens with zero attached hydrogens (tertiary/aromatic N) is 2. The van der Waals surface area contributed by atoms with E-state index < -0.39 is 0 Å². The van der Waals surface area contributed by atoms with Crippen LogP contribution >= 0.6 is 11.8 Å². The van der Waals surface area contributed by atoms with Crippen LogP contribution in [0.1, 0.15) is 17.5 Å². The Balaban J connectivity index is 1.51. The first-order valence-corrected chi connectivity index (χ1v) is 12.2. The van der Waals surface area contributed by atoms with Gasteiger partial charge in [-0.25, -0.2) is 9.07 Å². The number of carbonyl (C=O) groups is 1. The molecule has 1 amide bonds. The molecule has 0 spiro atoms. The summed E-state index contributed by atoms with van der Waals surface area (Å²) < 4.78 is 20.8. The second kappa shape index (κ2) is 11.0. The molecular weight excluding hydrogens is 449 g/mol. The van der Waals surface area contributed by atoms with Crippen LogP contribution in [-0.2, 0) is 17.8 Å². The summed E-state index contributed by atoms with van der Waals surface area (Å²) in [6, 6.07) is 22.0. The number of methoxy groups -OCH3 is 1. The summed E-state index contributed by atoms with van der Waals surface area (Å²) in [7, 11) is 1.62. The molecule has 0 unspecified atom stereocenters. The number of benzene rings is 3. The summed E-state index contributed by atoms with van der Waals surface area (Å²) in [4.78, 5) is 13.8. The van der Waals surface area contributed by atoms with Gasteiger partial charge in [0.1, 0.15) is 11.6 Å². The summed E-state index contributed by atoms with van der Waals surface area (Å²) in [5.74, 6) is 0.348. The van der Waals surface area contributed by atoms with Gasteiger partial charge in [-0.15, -0.1) is 11.8 Å². The van der Waals surface area contributed by atoms with E-state index in [9.17, 15) is 9.18 Å². The minimum atomic E-state index is -0.331. The van der Waals surface area contributed by atoms with Crippen molar-refractivity contribution >= 4 is 17.7 Å². The molecule has 0 saturated carbocycles. The van der Waals surface area contributed by atoms with Crippen LogP contribution in [0.3, 0.4) is 0 Å². The van der Waals surface area contributed by atoms with Gasteiger partial charge in [0.15, 0.2) is 0 Å². The maximum absolute atomic E-state index is 13.8. The van der Waals surface area contributed by atoms with Crippen molar-refractivity contribution in [1.29, 1.82) is 0 Å². The van der Waals surface area contributed by atoms with E-state index in [1.165, 1.54) is 17.0 Å². The number of carbonyl (C=O) groups excluding carboxylic acids is 1. The zero-order valence-corrected chi connectivity index (χ0v) is 19.9. The largest absolute Gasteiger partial charge is 0.497 e. The van der Waals surface area contributed by atoms with Crippen molar-refractivity contribution in [3.05, 3.63) is 95.9 Å². The molecule has 1 N–H and O–H groups in total. The van der Waals surface area contributed by atoms with Crippen LogP contribution in [0.25, 0.3) is 16.9 Å². The molecule has 0 aliphatic carbocycles. The molecule has 1 heterocycles. The van der Waals surface area contributed by atoms with Crippen molar-refractivity contribution in [2.24, 2.45) is 0 Å².